The average molecular weight is 275 g/mol. The number of nitrogens with zero attached hydrogens (tertiary/aromatic N) is 3. The topological polar surface area (TPSA) is 84.7 Å². The number of rotatable bonds is 3. The molecule has 0 atom stereocenters. The van der Waals surface area contributed by atoms with E-state index >= 15 is 0 Å². The Labute approximate surface area is 115 Å². The van der Waals surface area contributed by atoms with Gasteiger partial charge in [-0.15, -0.1) is 0 Å². The minimum atomic E-state index is -0.251. The molecule has 19 heavy (non-hydrogen) atoms. The number of benzene rings is 1. The van der Waals surface area contributed by atoms with E-state index in [0.29, 0.717) is 11.4 Å². The average Bonchev–Trinajstić information content (AvgIpc) is 2.77. The Bertz CT molecular complexity index is 657. The SMILES string of the molecule is N#Cc1cnn(C(=O)CCc2cccc(Cl)c2)c1N. The number of aromatic nitrogens is 2. The molecule has 0 radical (unpaired) electrons. The molecule has 5 nitrogen and oxygen atoms in total. The molecule has 2 N–H and O–H groups in total. The van der Waals surface area contributed by atoms with E-state index < -0.39 is 0 Å². The van der Waals surface area contributed by atoms with Crippen molar-refractivity contribution < 1.29 is 4.79 Å². The monoisotopic (exact) mass is 274 g/mol. The van der Waals surface area contributed by atoms with Crippen LogP contribution >= 0.6 is 11.6 Å². The molecule has 1 heterocycles. The van der Waals surface area contributed by atoms with Crippen molar-refractivity contribution in [3.05, 3.63) is 46.6 Å². The summed E-state index contributed by atoms with van der Waals surface area (Å²) in [7, 11) is 0. The quantitative estimate of drug-likeness (QED) is 0.930. The number of nitriles is 1. The van der Waals surface area contributed by atoms with Gasteiger partial charge < -0.3 is 5.73 Å². The fraction of sp³-hybridized carbons (Fsp3) is 0.154. The van der Waals surface area contributed by atoms with Crippen molar-refractivity contribution in [3.63, 3.8) is 0 Å². The minimum absolute atomic E-state index is 0.0820. The highest BCUT2D eigenvalue weighted by Crippen LogP contribution is 2.14. The molecular weight excluding hydrogens is 264 g/mol. The van der Waals surface area contributed by atoms with E-state index in [-0.39, 0.29) is 23.7 Å². The summed E-state index contributed by atoms with van der Waals surface area (Å²) >= 11 is 5.87. The smallest absolute Gasteiger partial charge is 0.249 e. The molecule has 0 spiro atoms. The maximum Gasteiger partial charge on any atom is 0.249 e. The highest BCUT2D eigenvalue weighted by molar-refractivity contribution is 6.30. The fourth-order valence-corrected chi connectivity index (χ4v) is 1.91. The van der Waals surface area contributed by atoms with Crippen LogP contribution in [0.5, 0.6) is 0 Å². The van der Waals surface area contributed by atoms with Crippen molar-refractivity contribution in [2.75, 3.05) is 5.73 Å². The lowest BCUT2D eigenvalue weighted by Gasteiger charge is -2.03. The van der Waals surface area contributed by atoms with Crippen LogP contribution in [0.4, 0.5) is 5.82 Å². The molecule has 0 unspecified atom stereocenters. The molecule has 0 bridgehead atoms. The molecule has 0 aliphatic rings. The Kier molecular flexibility index (Phi) is 3.83. The number of hydrogen-bond donors (Lipinski definition) is 1. The molecule has 0 saturated heterocycles. The van der Waals surface area contributed by atoms with Gasteiger partial charge in [-0.25, -0.2) is 0 Å². The first-order chi connectivity index (χ1) is 9.11. The van der Waals surface area contributed by atoms with Gasteiger partial charge in [-0.3, -0.25) is 4.79 Å². The zero-order valence-corrected chi connectivity index (χ0v) is 10.8. The van der Waals surface area contributed by atoms with E-state index in [2.05, 4.69) is 5.10 Å². The molecule has 6 heteroatoms. The van der Waals surface area contributed by atoms with Gasteiger partial charge in [-0.2, -0.15) is 15.0 Å². The predicted octanol–water partition coefficient (Wildman–Crippen LogP) is 2.26. The number of nitrogens with two attached hydrogens (primary N) is 1. The lowest BCUT2D eigenvalue weighted by atomic mass is 10.1. The maximum absolute atomic E-state index is 11.9. The number of hydrogen-bond acceptors (Lipinski definition) is 4. The first kappa shape index (κ1) is 13.1. The van der Waals surface area contributed by atoms with E-state index in [9.17, 15) is 4.79 Å². The standard InChI is InChI=1S/C13H11ClN4O/c14-11-3-1-2-9(6-11)4-5-12(19)18-13(16)10(7-15)8-17-18/h1-3,6,8H,4-5,16H2. The molecule has 2 aromatic rings. The van der Waals surface area contributed by atoms with Crippen molar-refractivity contribution in [1.82, 2.24) is 9.78 Å². The van der Waals surface area contributed by atoms with Crippen LogP contribution in [0.3, 0.4) is 0 Å². The Morgan fingerprint density at radius 1 is 1.53 bits per heavy atom. The third-order valence-electron chi connectivity index (χ3n) is 2.68. The van der Waals surface area contributed by atoms with Crippen LogP contribution in [-0.4, -0.2) is 15.7 Å². The molecule has 1 aromatic heterocycles. The maximum atomic E-state index is 11.9. The third-order valence-corrected chi connectivity index (χ3v) is 2.91. The molecule has 0 fully saturated rings. The van der Waals surface area contributed by atoms with Crippen molar-refractivity contribution >= 4 is 23.3 Å². The third kappa shape index (κ3) is 2.92. The Hall–Kier alpha value is -2.32. The summed E-state index contributed by atoms with van der Waals surface area (Å²) in [4.78, 5) is 11.9. The molecule has 96 valence electrons. The number of carbonyl (C=O) groups is 1. The van der Waals surface area contributed by atoms with Gasteiger partial charge >= 0.3 is 0 Å². The van der Waals surface area contributed by atoms with Crippen LogP contribution < -0.4 is 5.73 Å². The summed E-state index contributed by atoms with van der Waals surface area (Å²) in [5, 5.41) is 13.2. The second-order valence-electron chi connectivity index (χ2n) is 3.99. The van der Waals surface area contributed by atoms with Gasteiger partial charge in [0.25, 0.3) is 0 Å². The molecule has 0 aliphatic carbocycles. The lowest BCUT2D eigenvalue weighted by molar-refractivity contribution is 0.0890. The zero-order chi connectivity index (χ0) is 13.8. The van der Waals surface area contributed by atoms with Crippen LogP contribution in [-0.2, 0) is 6.42 Å². The largest absolute Gasteiger partial charge is 0.382 e. The normalized spacial score (nSPS) is 10.1. The first-order valence-corrected chi connectivity index (χ1v) is 6.01. The van der Waals surface area contributed by atoms with Crippen LogP contribution in [0, 0.1) is 11.3 Å². The van der Waals surface area contributed by atoms with Crippen molar-refractivity contribution in [2.24, 2.45) is 0 Å². The summed E-state index contributed by atoms with van der Waals surface area (Å²) in [5.74, 6) is -0.169. The molecule has 0 aliphatic heterocycles. The second-order valence-corrected chi connectivity index (χ2v) is 4.43. The number of carbonyl (C=O) groups excluding carboxylic acids is 1. The summed E-state index contributed by atoms with van der Waals surface area (Å²) in [6.45, 7) is 0. The molecule has 0 saturated carbocycles. The first-order valence-electron chi connectivity index (χ1n) is 5.63. The van der Waals surface area contributed by atoms with Crippen LogP contribution in [0.25, 0.3) is 0 Å². The molecular formula is C13H11ClN4O. The van der Waals surface area contributed by atoms with Crippen LogP contribution in [0.1, 0.15) is 22.3 Å². The van der Waals surface area contributed by atoms with E-state index in [0.717, 1.165) is 10.2 Å². The summed E-state index contributed by atoms with van der Waals surface area (Å²) in [5.41, 5.74) is 6.81. The summed E-state index contributed by atoms with van der Waals surface area (Å²) in [6, 6.07) is 9.18. The van der Waals surface area contributed by atoms with Gasteiger partial charge in [0.1, 0.15) is 17.5 Å². The van der Waals surface area contributed by atoms with Crippen LogP contribution in [0.15, 0.2) is 30.5 Å². The number of aryl methyl sites for hydroxylation is 1. The van der Waals surface area contributed by atoms with E-state index in [1.165, 1.54) is 6.20 Å². The number of anilines is 1. The van der Waals surface area contributed by atoms with Crippen molar-refractivity contribution in [3.8, 4) is 6.07 Å². The Balaban J connectivity index is 2.06. The number of halogens is 1. The highest BCUT2D eigenvalue weighted by Gasteiger charge is 2.13. The molecule has 1 aromatic carbocycles. The highest BCUT2D eigenvalue weighted by atomic mass is 35.5. The lowest BCUT2D eigenvalue weighted by Crippen LogP contribution is -2.15. The van der Waals surface area contributed by atoms with Crippen molar-refractivity contribution in [2.45, 2.75) is 12.8 Å². The van der Waals surface area contributed by atoms with Gasteiger partial charge in [-0.1, -0.05) is 23.7 Å². The van der Waals surface area contributed by atoms with E-state index in [4.69, 9.17) is 22.6 Å². The predicted molar refractivity (Wildman–Crippen MR) is 71.8 cm³/mol. The number of nitrogen functional groups attached to an aromatic ring is 1. The Morgan fingerprint density at radius 2 is 2.32 bits per heavy atom. The second kappa shape index (κ2) is 5.55. The van der Waals surface area contributed by atoms with E-state index in [1.807, 2.05) is 24.3 Å². The van der Waals surface area contributed by atoms with Crippen molar-refractivity contribution in [1.29, 1.82) is 5.26 Å². The molecule has 0 amide bonds. The Morgan fingerprint density at radius 3 is 2.95 bits per heavy atom. The van der Waals surface area contributed by atoms with Crippen LogP contribution in [0.2, 0.25) is 5.02 Å². The van der Waals surface area contributed by atoms with Gasteiger partial charge in [-0.05, 0) is 24.1 Å². The van der Waals surface area contributed by atoms with Gasteiger partial charge in [0.15, 0.2) is 0 Å². The summed E-state index contributed by atoms with van der Waals surface area (Å²) < 4.78 is 1.06. The van der Waals surface area contributed by atoms with Gasteiger partial charge in [0.05, 0.1) is 6.20 Å². The van der Waals surface area contributed by atoms with Gasteiger partial charge in [0.2, 0.25) is 5.91 Å². The van der Waals surface area contributed by atoms with E-state index in [1.54, 1.807) is 6.07 Å². The zero-order valence-electron chi connectivity index (χ0n) is 10.0. The molecule has 2 rings (SSSR count). The minimum Gasteiger partial charge on any atom is -0.382 e. The van der Waals surface area contributed by atoms with Gasteiger partial charge in [0, 0.05) is 11.4 Å². The summed E-state index contributed by atoms with van der Waals surface area (Å²) in [6.07, 6.45) is 2.07. The fourth-order valence-electron chi connectivity index (χ4n) is 1.69.